The summed E-state index contributed by atoms with van der Waals surface area (Å²) < 4.78 is 15.0. The van der Waals surface area contributed by atoms with Crippen LogP contribution in [0.25, 0.3) is 0 Å². The third-order valence-corrected chi connectivity index (χ3v) is 4.20. The van der Waals surface area contributed by atoms with Gasteiger partial charge in [-0.15, -0.1) is 12.4 Å². The van der Waals surface area contributed by atoms with Crippen molar-refractivity contribution < 1.29 is 9.18 Å². The first-order chi connectivity index (χ1) is 11.0. The summed E-state index contributed by atoms with van der Waals surface area (Å²) in [6.45, 7) is 1.88. The molecule has 9 heteroatoms. The molecule has 0 aliphatic carbocycles. The lowest BCUT2D eigenvalue weighted by Crippen LogP contribution is -2.27. The Morgan fingerprint density at radius 1 is 1.42 bits per heavy atom. The Hall–Kier alpha value is -1.70. The van der Waals surface area contributed by atoms with Crippen molar-refractivity contribution in [2.24, 2.45) is 7.05 Å². The average molecular weight is 374 g/mol. The van der Waals surface area contributed by atoms with E-state index in [2.05, 4.69) is 20.7 Å². The van der Waals surface area contributed by atoms with Gasteiger partial charge in [-0.1, -0.05) is 11.6 Å². The second-order valence-electron chi connectivity index (χ2n) is 5.52. The van der Waals surface area contributed by atoms with E-state index >= 15 is 0 Å². The van der Waals surface area contributed by atoms with Crippen molar-refractivity contribution in [2.75, 3.05) is 18.4 Å². The molecule has 1 aromatic carbocycles. The molecule has 24 heavy (non-hydrogen) atoms. The van der Waals surface area contributed by atoms with E-state index in [-0.39, 0.29) is 23.0 Å². The van der Waals surface area contributed by atoms with Gasteiger partial charge in [-0.25, -0.2) is 9.07 Å². The number of hydrogen-bond donors (Lipinski definition) is 2. The largest absolute Gasteiger partial charge is 0.317 e. The van der Waals surface area contributed by atoms with Gasteiger partial charge in [0.1, 0.15) is 5.82 Å². The number of aryl methyl sites for hydroxylation is 1. The fraction of sp³-hybridized carbons (Fsp3) is 0.400. The summed E-state index contributed by atoms with van der Waals surface area (Å²) in [7, 11) is 1.72. The zero-order valence-corrected chi connectivity index (χ0v) is 14.6. The standard InChI is InChI=1S/C15H17ClFN5O.ClH/c1-22-15(19-13(21-22)9-4-6-18-7-5-9)20-14(23)10-2-3-11(16)12(17)8-10;/h2-3,8-9,18H,4-7H2,1H3,(H,19,20,21,23);1H. The number of amides is 1. The number of hydrogen-bond acceptors (Lipinski definition) is 4. The number of piperidine rings is 1. The summed E-state index contributed by atoms with van der Waals surface area (Å²) in [6, 6.07) is 3.91. The number of nitrogens with zero attached hydrogens (tertiary/aromatic N) is 3. The maximum Gasteiger partial charge on any atom is 0.258 e. The van der Waals surface area contributed by atoms with E-state index in [1.54, 1.807) is 7.05 Å². The number of rotatable bonds is 3. The normalized spacial score (nSPS) is 15.0. The number of carbonyl (C=O) groups excluding carboxylic acids is 1. The number of aromatic nitrogens is 3. The van der Waals surface area contributed by atoms with E-state index in [9.17, 15) is 9.18 Å². The molecule has 0 atom stereocenters. The molecule has 1 aromatic heterocycles. The SMILES string of the molecule is Cl.Cn1nc(C2CCNCC2)nc1NC(=O)c1ccc(Cl)c(F)c1. The molecular formula is C15H18Cl2FN5O. The Morgan fingerprint density at radius 3 is 2.79 bits per heavy atom. The van der Waals surface area contributed by atoms with Crippen LogP contribution in [0.15, 0.2) is 18.2 Å². The van der Waals surface area contributed by atoms with Gasteiger partial charge in [-0.3, -0.25) is 10.1 Å². The van der Waals surface area contributed by atoms with Crippen molar-refractivity contribution >= 4 is 35.9 Å². The van der Waals surface area contributed by atoms with Gasteiger partial charge in [0, 0.05) is 18.5 Å². The van der Waals surface area contributed by atoms with Crippen molar-refractivity contribution in [3.63, 3.8) is 0 Å². The molecule has 2 N–H and O–H groups in total. The molecule has 0 radical (unpaired) electrons. The topological polar surface area (TPSA) is 71.8 Å². The number of halogens is 3. The van der Waals surface area contributed by atoms with Gasteiger partial charge in [0.15, 0.2) is 5.82 Å². The predicted molar refractivity (Wildman–Crippen MR) is 92.5 cm³/mol. The third-order valence-electron chi connectivity index (χ3n) is 3.89. The molecule has 6 nitrogen and oxygen atoms in total. The highest BCUT2D eigenvalue weighted by atomic mass is 35.5. The summed E-state index contributed by atoms with van der Waals surface area (Å²) in [5.74, 6) is 0.284. The predicted octanol–water partition coefficient (Wildman–Crippen LogP) is 2.75. The van der Waals surface area contributed by atoms with Crippen molar-refractivity contribution in [1.29, 1.82) is 0 Å². The molecule has 0 bridgehead atoms. The minimum absolute atomic E-state index is 0. The first kappa shape index (κ1) is 18.6. The minimum atomic E-state index is -0.632. The maximum absolute atomic E-state index is 13.5. The van der Waals surface area contributed by atoms with Crippen molar-refractivity contribution in [1.82, 2.24) is 20.1 Å². The molecule has 1 amide bonds. The molecule has 2 heterocycles. The maximum atomic E-state index is 13.5. The lowest BCUT2D eigenvalue weighted by atomic mass is 9.98. The number of anilines is 1. The number of carbonyl (C=O) groups is 1. The summed E-state index contributed by atoms with van der Waals surface area (Å²) in [6.07, 6.45) is 1.94. The van der Waals surface area contributed by atoms with Crippen molar-refractivity contribution in [3.8, 4) is 0 Å². The monoisotopic (exact) mass is 373 g/mol. The van der Waals surface area contributed by atoms with Crippen LogP contribution in [0.3, 0.4) is 0 Å². The summed E-state index contributed by atoms with van der Waals surface area (Å²) in [5.41, 5.74) is 0.179. The number of benzene rings is 1. The fourth-order valence-electron chi connectivity index (χ4n) is 2.58. The van der Waals surface area contributed by atoms with E-state index in [0.29, 0.717) is 11.9 Å². The van der Waals surface area contributed by atoms with Gasteiger partial charge in [0.2, 0.25) is 5.95 Å². The quantitative estimate of drug-likeness (QED) is 0.867. The molecule has 1 fully saturated rings. The first-order valence-corrected chi connectivity index (χ1v) is 7.80. The Morgan fingerprint density at radius 2 is 2.12 bits per heavy atom. The molecule has 1 aliphatic heterocycles. The van der Waals surface area contributed by atoms with Crippen molar-refractivity contribution in [3.05, 3.63) is 40.4 Å². The molecule has 2 aromatic rings. The highest BCUT2D eigenvalue weighted by Crippen LogP contribution is 2.23. The molecule has 0 spiro atoms. The Bertz CT molecular complexity index is 731. The van der Waals surface area contributed by atoms with Crippen LogP contribution in [0.1, 0.15) is 34.9 Å². The second kappa shape index (κ2) is 7.92. The molecule has 3 rings (SSSR count). The van der Waals surface area contributed by atoms with Gasteiger partial charge in [0.05, 0.1) is 5.02 Å². The summed E-state index contributed by atoms with van der Waals surface area (Å²) in [4.78, 5) is 16.6. The first-order valence-electron chi connectivity index (χ1n) is 7.42. The van der Waals surface area contributed by atoms with E-state index in [0.717, 1.165) is 37.8 Å². The van der Waals surface area contributed by atoms with Crippen LogP contribution in [0.5, 0.6) is 0 Å². The lowest BCUT2D eigenvalue weighted by Gasteiger charge is -2.19. The van der Waals surface area contributed by atoms with Crippen LogP contribution in [-0.4, -0.2) is 33.8 Å². The van der Waals surface area contributed by atoms with Gasteiger partial charge in [0.25, 0.3) is 5.91 Å². The van der Waals surface area contributed by atoms with Gasteiger partial charge in [-0.05, 0) is 44.1 Å². The van der Waals surface area contributed by atoms with Crippen LogP contribution in [0.2, 0.25) is 5.02 Å². The van der Waals surface area contributed by atoms with Gasteiger partial charge < -0.3 is 5.32 Å². The van der Waals surface area contributed by atoms with Crippen LogP contribution in [0, 0.1) is 5.82 Å². The molecule has 130 valence electrons. The van der Waals surface area contributed by atoms with E-state index in [1.165, 1.54) is 16.8 Å². The second-order valence-corrected chi connectivity index (χ2v) is 5.93. The smallest absolute Gasteiger partial charge is 0.258 e. The van der Waals surface area contributed by atoms with E-state index < -0.39 is 11.7 Å². The molecule has 1 saturated heterocycles. The Labute approximate surface area is 150 Å². The zero-order valence-electron chi connectivity index (χ0n) is 13.1. The lowest BCUT2D eigenvalue weighted by molar-refractivity contribution is 0.102. The highest BCUT2D eigenvalue weighted by molar-refractivity contribution is 6.30. The number of nitrogens with one attached hydrogen (secondary N) is 2. The summed E-state index contributed by atoms with van der Waals surface area (Å²) >= 11 is 5.62. The molecule has 1 aliphatic rings. The van der Waals surface area contributed by atoms with E-state index in [1.807, 2.05) is 0 Å². The Balaban J connectivity index is 0.00000208. The average Bonchev–Trinajstić information content (AvgIpc) is 2.92. The minimum Gasteiger partial charge on any atom is -0.317 e. The van der Waals surface area contributed by atoms with Crippen LogP contribution < -0.4 is 10.6 Å². The Kier molecular flexibility index (Phi) is 6.15. The molecule has 0 unspecified atom stereocenters. The fourth-order valence-corrected chi connectivity index (χ4v) is 2.69. The van der Waals surface area contributed by atoms with Crippen LogP contribution in [0.4, 0.5) is 10.3 Å². The zero-order chi connectivity index (χ0) is 16.4. The third kappa shape index (κ3) is 4.03. The van der Waals surface area contributed by atoms with Gasteiger partial charge in [-0.2, -0.15) is 10.1 Å². The molecular weight excluding hydrogens is 356 g/mol. The van der Waals surface area contributed by atoms with Crippen LogP contribution in [-0.2, 0) is 7.05 Å². The van der Waals surface area contributed by atoms with Crippen molar-refractivity contribution in [2.45, 2.75) is 18.8 Å². The highest BCUT2D eigenvalue weighted by Gasteiger charge is 2.21. The van der Waals surface area contributed by atoms with Gasteiger partial charge >= 0.3 is 0 Å². The van der Waals surface area contributed by atoms with Crippen LogP contribution >= 0.6 is 24.0 Å². The molecule has 0 saturated carbocycles. The van der Waals surface area contributed by atoms with E-state index in [4.69, 9.17) is 11.6 Å². The summed E-state index contributed by atoms with van der Waals surface area (Å²) in [5, 5.41) is 10.3.